The number of nitrogens with one attached hydrogen (secondary N) is 1. The van der Waals surface area contributed by atoms with Crippen LogP contribution in [-0.4, -0.2) is 13.4 Å². The third-order valence-electron chi connectivity index (χ3n) is 3.58. The van der Waals surface area contributed by atoms with Crippen molar-refractivity contribution in [1.29, 1.82) is 0 Å². The predicted octanol–water partition coefficient (Wildman–Crippen LogP) is 5.39. The van der Waals surface area contributed by atoms with E-state index < -0.39 is 15.8 Å². The van der Waals surface area contributed by atoms with Gasteiger partial charge in [0.2, 0.25) is 0 Å². The molecule has 0 saturated carbocycles. The van der Waals surface area contributed by atoms with Crippen molar-refractivity contribution in [2.75, 3.05) is 4.72 Å². The van der Waals surface area contributed by atoms with Gasteiger partial charge in [-0.25, -0.2) is 17.8 Å². The van der Waals surface area contributed by atoms with E-state index in [1.54, 1.807) is 13.0 Å². The molecule has 1 aromatic carbocycles. The van der Waals surface area contributed by atoms with Gasteiger partial charge in [0.25, 0.3) is 10.0 Å². The number of aryl methyl sites for hydroxylation is 3. The lowest BCUT2D eigenvalue weighted by molar-refractivity contribution is 0.598. The molecule has 0 amide bonds. The Balaban J connectivity index is 1.97. The highest BCUT2D eigenvalue weighted by Crippen LogP contribution is 2.37. The summed E-state index contributed by atoms with van der Waals surface area (Å²) in [7, 11) is -3.92. The van der Waals surface area contributed by atoms with Crippen LogP contribution in [0, 0.1) is 26.6 Å². The Bertz CT molecular complexity index is 1040. The zero-order chi connectivity index (χ0) is 18.4. The molecule has 0 unspecified atom stereocenters. The molecule has 0 bridgehead atoms. The topological polar surface area (TPSA) is 59.1 Å². The van der Waals surface area contributed by atoms with E-state index in [1.165, 1.54) is 34.8 Å². The van der Waals surface area contributed by atoms with Crippen molar-refractivity contribution in [3.63, 3.8) is 0 Å². The molecular weight excluding hydrogens is 403 g/mol. The summed E-state index contributed by atoms with van der Waals surface area (Å²) in [4.78, 5) is 7.06. The van der Waals surface area contributed by atoms with Gasteiger partial charge in [0, 0.05) is 14.8 Å². The van der Waals surface area contributed by atoms with E-state index in [-0.39, 0.29) is 15.6 Å². The Morgan fingerprint density at radius 2 is 1.84 bits per heavy atom. The van der Waals surface area contributed by atoms with Gasteiger partial charge >= 0.3 is 0 Å². The van der Waals surface area contributed by atoms with E-state index in [2.05, 4.69) is 9.71 Å². The van der Waals surface area contributed by atoms with Crippen LogP contribution in [0.3, 0.4) is 0 Å². The highest BCUT2D eigenvalue weighted by atomic mass is 35.5. The molecule has 0 aliphatic rings. The van der Waals surface area contributed by atoms with E-state index in [4.69, 9.17) is 11.6 Å². The largest absolute Gasteiger partial charge is 0.277 e. The van der Waals surface area contributed by atoms with E-state index in [0.717, 1.165) is 26.5 Å². The quantitative estimate of drug-likeness (QED) is 0.620. The molecule has 0 fully saturated rings. The maximum absolute atomic E-state index is 13.9. The lowest BCUT2D eigenvalue weighted by Gasteiger charge is -2.08. The third-order valence-corrected chi connectivity index (χ3v) is 7.73. The normalized spacial score (nSPS) is 11.7. The van der Waals surface area contributed by atoms with Gasteiger partial charge in [0.1, 0.15) is 15.7 Å². The second-order valence-corrected chi connectivity index (χ2v) is 9.97. The Labute approximate surface area is 158 Å². The number of benzene rings is 1. The number of hydrogen-bond acceptors (Lipinski definition) is 5. The minimum Gasteiger partial charge on any atom is -0.277 e. The standard InChI is InChI=1S/C16H14ClFN2O2S3/c1-8-9(2)24-16(19-8)14-7-15(10(3)23-14)25(21,22)20-13-5-4-11(17)6-12(13)18/h4-7,20H,1-3H3. The highest BCUT2D eigenvalue weighted by molar-refractivity contribution is 7.93. The van der Waals surface area contributed by atoms with E-state index in [1.807, 2.05) is 13.8 Å². The molecule has 3 aromatic rings. The van der Waals surface area contributed by atoms with Gasteiger partial charge in [-0.1, -0.05) is 11.6 Å². The van der Waals surface area contributed by atoms with Gasteiger partial charge in [0.05, 0.1) is 16.3 Å². The molecule has 9 heteroatoms. The van der Waals surface area contributed by atoms with Crippen molar-refractivity contribution in [2.45, 2.75) is 25.7 Å². The Kier molecular flexibility index (Phi) is 4.89. The van der Waals surface area contributed by atoms with Crippen LogP contribution in [0.2, 0.25) is 5.02 Å². The minimum absolute atomic E-state index is 0.118. The average molecular weight is 417 g/mol. The fourth-order valence-electron chi connectivity index (χ4n) is 2.19. The molecule has 132 valence electrons. The van der Waals surface area contributed by atoms with Crippen LogP contribution in [-0.2, 0) is 10.0 Å². The maximum Gasteiger partial charge on any atom is 0.263 e. The Morgan fingerprint density at radius 1 is 1.12 bits per heavy atom. The van der Waals surface area contributed by atoms with Crippen molar-refractivity contribution < 1.29 is 12.8 Å². The maximum atomic E-state index is 13.9. The summed E-state index contributed by atoms with van der Waals surface area (Å²) >= 11 is 8.56. The first-order chi connectivity index (χ1) is 11.7. The molecule has 2 aromatic heterocycles. The molecule has 25 heavy (non-hydrogen) atoms. The summed E-state index contributed by atoms with van der Waals surface area (Å²) < 4.78 is 41.5. The Hall–Kier alpha value is -1.48. The van der Waals surface area contributed by atoms with Crippen LogP contribution >= 0.6 is 34.3 Å². The zero-order valence-corrected chi connectivity index (χ0v) is 16.8. The number of hydrogen-bond donors (Lipinski definition) is 1. The lowest BCUT2D eigenvalue weighted by atomic mass is 10.3. The average Bonchev–Trinajstić information content (AvgIpc) is 3.06. The van der Waals surface area contributed by atoms with Crippen LogP contribution in [0.25, 0.3) is 9.88 Å². The molecule has 0 aliphatic heterocycles. The van der Waals surface area contributed by atoms with Crippen LogP contribution < -0.4 is 4.72 Å². The number of halogens is 2. The molecular formula is C16H14ClFN2O2S3. The second kappa shape index (κ2) is 6.68. The number of anilines is 1. The van der Waals surface area contributed by atoms with Crippen molar-refractivity contribution in [3.05, 3.63) is 50.6 Å². The van der Waals surface area contributed by atoms with Crippen molar-refractivity contribution in [2.24, 2.45) is 0 Å². The van der Waals surface area contributed by atoms with Crippen LogP contribution in [0.4, 0.5) is 10.1 Å². The summed E-state index contributed by atoms with van der Waals surface area (Å²) in [5, 5.41) is 0.978. The molecule has 0 saturated heterocycles. The number of thiazole rings is 1. The van der Waals surface area contributed by atoms with Gasteiger partial charge in [0.15, 0.2) is 0 Å². The zero-order valence-electron chi connectivity index (χ0n) is 13.6. The lowest BCUT2D eigenvalue weighted by Crippen LogP contribution is -2.14. The highest BCUT2D eigenvalue weighted by Gasteiger charge is 2.23. The fraction of sp³-hybridized carbons (Fsp3) is 0.188. The third kappa shape index (κ3) is 3.72. The molecule has 0 spiro atoms. The summed E-state index contributed by atoms with van der Waals surface area (Å²) in [6.07, 6.45) is 0. The van der Waals surface area contributed by atoms with Crippen LogP contribution in [0.15, 0.2) is 29.2 Å². The van der Waals surface area contributed by atoms with Crippen molar-refractivity contribution in [1.82, 2.24) is 4.98 Å². The van der Waals surface area contributed by atoms with Crippen molar-refractivity contribution in [3.8, 4) is 9.88 Å². The molecule has 0 aliphatic carbocycles. The summed E-state index contributed by atoms with van der Waals surface area (Å²) in [6, 6.07) is 5.36. The second-order valence-electron chi connectivity index (χ2n) is 5.42. The fourth-order valence-corrected chi connectivity index (χ4v) is 5.97. The molecule has 2 heterocycles. The van der Waals surface area contributed by atoms with E-state index in [9.17, 15) is 12.8 Å². The van der Waals surface area contributed by atoms with E-state index >= 15 is 0 Å². The first-order valence-electron chi connectivity index (χ1n) is 7.20. The number of aromatic nitrogens is 1. The Morgan fingerprint density at radius 3 is 2.44 bits per heavy atom. The number of sulfonamides is 1. The van der Waals surface area contributed by atoms with Gasteiger partial charge in [-0.15, -0.1) is 22.7 Å². The summed E-state index contributed by atoms with van der Waals surface area (Å²) in [6.45, 7) is 5.60. The molecule has 4 nitrogen and oxygen atoms in total. The first kappa shape index (κ1) is 18.3. The monoisotopic (exact) mass is 416 g/mol. The van der Waals surface area contributed by atoms with Crippen LogP contribution in [0.5, 0.6) is 0 Å². The van der Waals surface area contributed by atoms with Crippen LogP contribution in [0.1, 0.15) is 15.4 Å². The molecule has 1 N–H and O–H groups in total. The van der Waals surface area contributed by atoms with Gasteiger partial charge < -0.3 is 0 Å². The number of rotatable bonds is 4. The van der Waals surface area contributed by atoms with E-state index in [0.29, 0.717) is 4.88 Å². The minimum atomic E-state index is -3.92. The molecule has 0 radical (unpaired) electrons. The van der Waals surface area contributed by atoms with Gasteiger partial charge in [-0.3, -0.25) is 4.72 Å². The SMILES string of the molecule is Cc1nc(-c2cc(S(=O)(=O)Nc3ccc(Cl)cc3F)c(C)s2)sc1C. The summed E-state index contributed by atoms with van der Waals surface area (Å²) in [5.74, 6) is -0.727. The van der Waals surface area contributed by atoms with Crippen molar-refractivity contribution >= 4 is 50.0 Å². The first-order valence-corrected chi connectivity index (χ1v) is 10.7. The smallest absolute Gasteiger partial charge is 0.263 e. The van der Waals surface area contributed by atoms with Gasteiger partial charge in [-0.2, -0.15) is 0 Å². The summed E-state index contributed by atoms with van der Waals surface area (Å²) in [5.41, 5.74) is 0.786. The number of thiophene rings is 1. The predicted molar refractivity (Wildman–Crippen MR) is 102 cm³/mol. The molecule has 3 rings (SSSR count). The van der Waals surface area contributed by atoms with Gasteiger partial charge in [-0.05, 0) is 45.0 Å². The molecule has 0 atom stereocenters. The number of nitrogens with zero attached hydrogens (tertiary/aromatic N) is 1.